The zero-order valence-corrected chi connectivity index (χ0v) is 13.6. The summed E-state index contributed by atoms with van der Waals surface area (Å²) in [7, 11) is 0. The second-order valence-electron chi connectivity index (χ2n) is 5.55. The van der Waals surface area contributed by atoms with Crippen molar-refractivity contribution in [3.63, 3.8) is 0 Å². The highest BCUT2D eigenvalue weighted by molar-refractivity contribution is 7.16. The van der Waals surface area contributed by atoms with E-state index in [4.69, 9.17) is 9.47 Å². The summed E-state index contributed by atoms with van der Waals surface area (Å²) in [5.74, 6) is 1.49. The number of fused-ring (bicyclic) bond motifs is 2. The molecule has 0 saturated carbocycles. The topological polar surface area (TPSA) is 59.6 Å². The molecule has 1 amide bonds. The van der Waals surface area contributed by atoms with Crippen LogP contribution in [-0.4, -0.2) is 18.9 Å². The number of ether oxygens (including phenoxy) is 2. The van der Waals surface area contributed by atoms with Crippen molar-refractivity contribution in [2.75, 3.05) is 12.1 Å². The molecule has 1 aromatic heterocycles. The largest absolute Gasteiger partial charge is 0.454 e. The van der Waals surface area contributed by atoms with Gasteiger partial charge >= 0.3 is 0 Å². The van der Waals surface area contributed by atoms with Crippen LogP contribution in [0.5, 0.6) is 11.5 Å². The fourth-order valence-corrected chi connectivity index (χ4v) is 3.81. The first-order valence-corrected chi connectivity index (χ1v) is 8.19. The van der Waals surface area contributed by atoms with Crippen molar-refractivity contribution in [1.82, 2.24) is 5.32 Å². The first kappa shape index (κ1) is 14.1. The van der Waals surface area contributed by atoms with E-state index in [9.17, 15) is 4.79 Å². The first-order valence-electron chi connectivity index (χ1n) is 7.37. The molecule has 2 aliphatic heterocycles. The molecule has 1 unspecified atom stereocenters. The molecular formula is C17H16N2O3S. The second-order valence-corrected chi connectivity index (χ2v) is 6.78. The molecule has 2 aromatic rings. The molecule has 2 aliphatic rings. The van der Waals surface area contributed by atoms with Gasteiger partial charge < -0.3 is 20.1 Å². The zero-order chi connectivity index (χ0) is 16.0. The van der Waals surface area contributed by atoms with E-state index in [-0.39, 0.29) is 18.9 Å². The summed E-state index contributed by atoms with van der Waals surface area (Å²) < 4.78 is 10.7. The van der Waals surface area contributed by atoms with Crippen LogP contribution in [0.25, 0.3) is 6.08 Å². The van der Waals surface area contributed by atoms with Gasteiger partial charge in [-0.25, -0.2) is 0 Å². The number of carbonyl (C=O) groups is 1. The molecule has 0 spiro atoms. The molecule has 5 nitrogen and oxygen atoms in total. The van der Waals surface area contributed by atoms with Crippen molar-refractivity contribution in [1.29, 1.82) is 0 Å². The average Bonchev–Trinajstić information content (AvgIpc) is 3.10. The van der Waals surface area contributed by atoms with E-state index in [0.29, 0.717) is 0 Å². The second kappa shape index (κ2) is 5.31. The predicted molar refractivity (Wildman–Crippen MR) is 90.3 cm³/mol. The fraction of sp³-hybridized carbons (Fsp3) is 0.235. The van der Waals surface area contributed by atoms with Gasteiger partial charge in [0.15, 0.2) is 11.5 Å². The van der Waals surface area contributed by atoms with Gasteiger partial charge in [0.05, 0.1) is 5.56 Å². The van der Waals surface area contributed by atoms with Crippen LogP contribution in [-0.2, 0) is 0 Å². The molecule has 6 heteroatoms. The summed E-state index contributed by atoms with van der Waals surface area (Å²) in [6.45, 7) is 4.28. The molecule has 3 heterocycles. The van der Waals surface area contributed by atoms with Gasteiger partial charge in [0.2, 0.25) is 6.79 Å². The summed E-state index contributed by atoms with van der Waals surface area (Å²) in [5.41, 5.74) is 2.81. The molecule has 2 N–H and O–H groups in total. The van der Waals surface area contributed by atoms with Crippen LogP contribution in [0.15, 0.2) is 24.3 Å². The van der Waals surface area contributed by atoms with Gasteiger partial charge in [0.25, 0.3) is 5.91 Å². The van der Waals surface area contributed by atoms with Gasteiger partial charge in [0, 0.05) is 4.88 Å². The SMILES string of the molecule is Cc1sc2c(c1C)C(=O)NC(C=Cc1ccc3c(c1)OCO3)N2. The van der Waals surface area contributed by atoms with Crippen molar-refractivity contribution < 1.29 is 14.3 Å². The van der Waals surface area contributed by atoms with Gasteiger partial charge in [0.1, 0.15) is 11.2 Å². The van der Waals surface area contributed by atoms with Crippen LogP contribution < -0.4 is 20.1 Å². The third-order valence-electron chi connectivity index (χ3n) is 4.06. The van der Waals surface area contributed by atoms with Crippen LogP contribution in [0.4, 0.5) is 5.00 Å². The standard InChI is InChI=1S/C17H16N2O3S/c1-9-10(2)23-17-15(9)16(20)18-14(19-17)6-4-11-3-5-12-13(7-11)22-8-21-12/h3-7,14,19H,8H2,1-2H3,(H,18,20). The molecule has 23 heavy (non-hydrogen) atoms. The highest BCUT2D eigenvalue weighted by atomic mass is 32.1. The number of amides is 1. The van der Waals surface area contributed by atoms with E-state index in [0.717, 1.165) is 38.1 Å². The van der Waals surface area contributed by atoms with E-state index in [1.165, 1.54) is 0 Å². The number of aryl methyl sites for hydroxylation is 1. The Balaban J connectivity index is 1.55. The Hall–Kier alpha value is -2.47. The summed E-state index contributed by atoms with van der Waals surface area (Å²) in [5, 5.41) is 7.25. The van der Waals surface area contributed by atoms with Gasteiger partial charge in [-0.1, -0.05) is 12.1 Å². The molecule has 0 radical (unpaired) electrons. The minimum atomic E-state index is -0.224. The lowest BCUT2D eigenvalue weighted by Gasteiger charge is -2.23. The van der Waals surface area contributed by atoms with Crippen LogP contribution in [0.1, 0.15) is 26.4 Å². The molecule has 118 valence electrons. The van der Waals surface area contributed by atoms with E-state index in [1.807, 2.05) is 44.2 Å². The smallest absolute Gasteiger partial charge is 0.256 e. The Labute approximate surface area is 137 Å². The quantitative estimate of drug-likeness (QED) is 0.888. The van der Waals surface area contributed by atoms with Crippen molar-refractivity contribution in [2.24, 2.45) is 0 Å². The molecule has 4 rings (SSSR count). The van der Waals surface area contributed by atoms with E-state index in [2.05, 4.69) is 10.6 Å². The van der Waals surface area contributed by atoms with Gasteiger partial charge in [-0.05, 0) is 43.2 Å². The van der Waals surface area contributed by atoms with E-state index < -0.39 is 0 Å². The molecule has 0 aliphatic carbocycles. The Bertz CT molecular complexity index is 825. The van der Waals surface area contributed by atoms with Crippen LogP contribution in [0, 0.1) is 13.8 Å². The van der Waals surface area contributed by atoms with Crippen molar-refractivity contribution in [3.8, 4) is 11.5 Å². The maximum Gasteiger partial charge on any atom is 0.256 e. The van der Waals surface area contributed by atoms with Crippen LogP contribution in [0.2, 0.25) is 0 Å². The summed E-state index contributed by atoms with van der Waals surface area (Å²) in [6, 6.07) is 5.77. The summed E-state index contributed by atoms with van der Waals surface area (Å²) in [4.78, 5) is 13.4. The molecule has 0 bridgehead atoms. The number of anilines is 1. The first-order chi connectivity index (χ1) is 11.1. The van der Waals surface area contributed by atoms with Crippen molar-refractivity contribution >= 4 is 28.3 Å². The number of hydrogen-bond acceptors (Lipinski definition) is 5. The number of thiophene rings is 1. The molecular weight excluding hydrogens is 312 g/mol. The maximum atomic E-state index is 12.3. The van der Waals surface area contributed by atoms with Crippen molar-refractivity contribution in [2.45, 2.75) is 20.0 Å². The Morgan fingerprint density at radius 2 is 2.04 bits per heavy atom. The van der Waals surface area contributed by atoms with E-state index >= 15 is 0 Å². The minimum absolute atomic E-state index is 0.0269. The van der Waals surface area contributed by atoms with Gasteiger partial charge in [-0.15, -0.1) is 11.3 Å². The summed E-state index contributed by atoms with van der Waals surface area (Å²) >= 11 is 1.62. The van der Waals surface area contributed by atoms with Gasteiger partial charge in [-0.3, -0.25) is 4.79 Å². The zero-order valence-electron chi connectivity index (χ0n) is 12.8. The fourth-order valence-electron chi connectivity index (χ4n) is 2.71. The molecule has 1 atom stereocenters. The van der Waals surface area contributed by atoms with Gasteiger partial charge in [-0.2, -0.15) is 0 Å². The Kier molecular flexibility index (Phi) is 3.27. The Morgan fingerprint density at radius 1 is 1.22 bits per heavy atom. The van der Waals surface area contributed by atoms with Crippen molar-refractivity contribution in [3.05, 3.63) is 45.8 Å². The summed E-state index contributed by atoms with van der Waals surface area (Å²) in [6.07, 6.45) is 3.67. The van der Waals surface area contributed by atoms with E-state index in [1.54, 1.807) is 11.3 Å². The average molecular weight is 328 g/mol. The molecule has 0 fully saturated rings. The molecule has 1 aromatic carbocycles. The number of hydrogen-bond donors (Lipinski definition) is 2. The lowest BCUT2D eigenvalue weighted by molar-refractivity contribution is 0.0943. The minimum Gasteiger partial charge on any atom is -0.454 e. The van der Waals surface area contributed by atoms with Crippen LogP contribution in [0.3, 0.4) is 0 Å². The third-order valence-corrected chi connectivity index (χ3v) is 5.20. The predicted octanol–water partition coefficient (Wildman–Crippen LogP) is 3.29. The normalized spacial score (nSPS) is 18.7. The highest BCUT2D eigenvalue weighted by Crippen LogP contribution is 2.35. The lowest BCUT2D eigenvalue weighted by atomic mass is 10.1. The number of carbonyl (C=O) groups excluding carboxylic acids is 1. The number of benzene rings is 1. The third kappa shape index (κ3) is 2.45. The number of nitrogens with one attached hydrogen (secondary N) is 2. The Morgan fingerprint density at radius 3 is 2.91 bits per heavy atom. The highest BCUT2D eigenvalue weighted by Gasteiger charge is 2.26. The molecule has 0 saturated heterocycles. The maximum absolute atomic E-state index is 12.3. The lowest BCUT2D eigenvalue weighted by Crippen LogP contribution is -2.43. The monoisotopic (exact) mass is 328 g/mol. The van der Waals surface area contributed by atoms with Crippen LogP contribution >= 0.6 is 11.3 Å². The number of rotatable bonds is 2.